The van der Waals surface area contributed by atoms with Crippen LogP contribution in [0.15, 0.2) is 0 Å². The fourth-order valence-corrected chi connectivity index (χ4v) is 1.67. The minimum absolute atomic E-state index is 0.906. The predicted octanol–water partition coefficient (Wildman–Crippen LogP) is 3.06. The van der Waals surface area contributed by atoms with E-state index in [2.05, 4.69) is 33.0 Å². The molecule has 1 aliphatic heterocycles. The molecule has 1 heterocycles. The molecular formula is C11H25N. The Hall–Kier alpha value is -0.0400. The van der Waals surface area contributed by atoms with E-state index in [-0.39, 0.29) is 0 Å². The quantitative estimate of drug-likeness (QED) is 0.639. The molecule has 0 aromatic heterocycles. The molecule has 0 aromatic carbocycles. The van der Waals surface area contributed by atoms with Gasteiger partial charge < -0.3 is 5.32 Å². The smallest absolute Gasteiger partial charge is 0.00205 e. The molecular weight excluding hydrogens is 146 g/mol. The third kappa shape index (κ3) is 4.76. The van der Waals surface area contributed by atoms with E-state index in [0.717, 1.165) is 11.8 Å². The zero-order valence-electron chi connectivity index (χ0n) is 9.19. The van der Waals surface area contributed by atoms with Crippen molar-refractivity contribution in [3.05, 3.63) is 0 Å². The number of rotatable bonds is 1. The Labute approximate surface area is 77.9 Å². The van der Waals surface area contributed by atoms with E-state index in [0.29, 0.717) is 0 Å². The van der Waals surface area contributed by atoms with Crippen molar-refractivity contribution in [3.63, 3.8) is 0 Å². The van der Waals surface area contributed by atoms with E-state index < -0.39 is 0 Å². The Kier molecular flexibility index (Phi) is 7.58. The van der Waals surface area contributed by atoms with Crippen molar-refractivity contribution in [2.24, 2.45) is 11.8 Å². The highest BCUT2D eigenvalue weighted by atomic mass is 14.9. The van der Waals surface area contributed by atoms with Gasteiger partial charge in [0.25, 0.3) is 0 Å². The maximum absolute atomic E-state index is 3.40. The molecule has 0 aromatic rings. The van der Waals surface area contributed by atoms with Gasteiger partial charge in [0.1, 0.15) is 0 Å². The van der Waals surface area contributed by atoms with E-state index in [4.69, 9.17) is 0 Å². The van der Waals surface area contributed by atoms with E-state index in [1.54, 1.807) is 0 Å². The molecule has 12 heavy (non-hydrogen) atoms. The fourth-order valence-electron chi connectivity index (χ4n) is 1.67. The maximum atomic E-state index is 3.40. The molecule has 1 heteroatoms. The lowest BCUT2D eigenvalue weighted by Crippen LogP contribution is -2.34. The second kappa shape index (κ2) is 7.60. The van der Waals surface area contributed by atoms with Crippen LogP contribution in [0.2, 0.25) is 0 Å². The number of hydrogen-bond acceptors (Lipinski definition) is 1. The van der Waals surface area contributed by atoms with Crippen molar-refractivity contribution >= 4 is 0 Å². The van der Waals surface area contributed by atoms with E-state index in [1.807, 2.05) is 0 Å². The summed E-state index contributed by atoms with van der Waals surface area (Å²) >= 11 is 0. The lowest BCUT2D eigenvalue weighted by molar-refractivity contribution is 0.266. The lowest BCUT2D eigenvalue weighted by Gasteiger charge is -2.28. The molecule has 0 aliphatic carbocycles. The summed E-state index contributed by atoms with van der Waals surface area (Å²) in [6.45, 7) is 11.4. The number of hydrogen-bond donors (Lipinski definition) is 1. The number of piperidine rings is 1. The first-order chi connectivity index (χ1) is 5.76. The van der Waals surface area contributed by atoms with Crippen molar-refractivity contribution < 1.29 is 0 Å². The third-order valence-electron chi connectivity index (χ3n) is 2.49. The van der Waals surface area contributed by atoms with Gasteiger partial charge in [-0.05, 0) is 31.3 Å². The highest BCUT2D eigenvalue weighted by molar-refractivity contribution is 4.73. The van der Waals surface area contributed by atoms with Crippen LogP contribution in [0, 0.1) is 11.8 Å². The highest BCUT2D eigenvalue weighted by Crippen LogP contribution is 2.20. The summed E-state index contributed by atoms with van der Waals surface area (Å²) in [5.74, 6) is 1.90. The summed E-state index contributed by atoms with van der Waals surface area (Å²) in [7, 11) is 0. The van der Waals surface area contributed by atoms with Crippen LogP contribution in [0.5, 0.6) is 0 Å². The van der Waals surface area contributed by atoms with E-state index in [9.17, 15) is 0 Å². The van der Waals surface area contributed by atoms with Gasteiger partial charge in [-0.1, -0.05) is 40.5 Å². The average molecular weight is 171 g/mol. The van der Waals surface area contributed by atoms with Crippen LogP contribution in [-0.2, 0) is 0 Å². The topological polar surface area (TPSA) is 12.0 Å². The van der Waals surface area contributed by atoms with E-state index in [1.165, 1.54) is 32.4 Å². The summed E-state index contributed by atoms with van der Waals surface area (Å²) in [5, 5.41) is 3.40. The Morgan fingerprint density at radius 2 is 1.83 bits per heavy atom. The minimum atomic E-state index is 0.906. The summed E-state index contributed by atoms with van der Waals surface area (Å²) < 4.78 is 0. The Balaban J connectivity index is 0.000000354. The molecule has 1 saturated heterocycles. The molecule has 1 nitrogen and oxygen atoms in total. The summed E-state index contributed by atoms with van der Waals surface area (Å²) in [4.78, 5) is 0. The molecule has 2 atom stereocenters. The Bertz CT molecular complexity index is 91.0. The Morgan fingerprint density at radius 1 is 1.25 bits per heavy atom. The van der Waals surface area contributed by atoms with Gasteiger partial charge in [-0.2, -0.15) is 0 Å². The molecule has 1 N–H and O–H groups in total. The van der Waals surface area contributed by atoms with Gasteiger partial charge in [0.05, 0.1) is 0 Å². The molecule has 0 radical (unpaired) electrons. The molecule has 0 amide bonds. The minimum Gasteiger partial charge on any atom is -0.316 e. The highest BCUT2D eigenvalue weighted by Gasteiger charge is 2.18. The maximum Gasteiger partial charge on any atom is -0.00205 e. The van der Waals surface area contributed by atoms with Crippen LogP contribution in [0.25, 0.3) is 0 Å². The third-order valence-corrected chi connectivity index (χ3v) is 2.49. The van der Waals surface area contributed by atoms with Gasteiger partial charge in [0.2, 0.25) is 0 Å². The summed E-state index contributed by atoms with van der Waals surface area (Å²) in [6, 6.07) is 0. The summed E-state index contributed by atoms with van der Waals surface area (Å²) in [6.07, 6.45) is 4.00. The Morgan fingerprint density at radius 3 is 2.17 bits per heavy atom. The summed E-state index contributed by atoms with van der Waals surface area (Å²) in [5.41, 5.74) is 0. The lowest BCUT2D eigenvalue weighted by atomic mass is 9.86. The molecule has 0 spiro atoms. The molecule has 1 fully saturated rings. The average Bonchev–Trinajstić information content (AvgIpc) is 2.07. The van der Waals surface area contributed by atoms with E-state index >= 15 is 0 Å². The number of nitrogens with one attached hydrogen (secondary N) is 1. The zero-order chi connectivity index (χ0) is 9.40. The largest absolute Gasteiger partial charge is 0.316 e. The van der Waals surface area contributed by atoms with Crippen molar-refractivity contribution in [2.75, 3.05) is 13.1 Å². The first-order valence-electron chi connectivity index (χ1n) is 5.46. The van der Waals surface area contributed by atoms with Gasteiger partial charge in [0, 0.05) is 0 Å². The monoisotopic (exact) mass is 171 g/mol. The van der Waals surface area contributed by atoms with Gasteiger partial charge >= 0.3 is 0 Å². The zero-order valence-corrected chi connectivity index (χ0v) is 9.19. The SMILES string of the molecule is CCC.CC[C@H]1CCNC[C@@H]1C. The standard InChI is InChI=1S/C8H17N.C3H8/c1-3-8-4-5-9-6-7(8)2;1-3-2/h7-9H,3-6H2,1-2H3;3H2,1-2H3/t7-,8-;/m0./s1. The predicted molar refractivity (Wildman–Crippen MR) is 56.4 cm³/mol. The van der Waals surface area contributed by atoms with Gasteiger partial charge in [-0.25, -0.2) is 0 Å². The second-order valence-corrected chi connectivity index (χ2v) is 3.85. The van der Waals surface area contributed by atoms with Crippen LogP contribution >= 0.6 is 0 Å². The second-order valence-electron chi connectivity index (χ2n) is 3.85. The van der Waals surface area contributed by atoms with Crippen molar-refractivity contribution in [1.82, 2.24) is 5.32 Å². The van der Waals surface area contributed by atoms with Crippen LogP contribution in [0.1, 0.15) is 47.0 Å². The van der Waals surface area contributed by atoms with Crippen molar-refractivity contribution in [1.29, 1.82) is 0 Å². The fraction of sp³-hybridized carbons (Fsp3) is 1.00. The van der Waals surface area contributed by atoms with Crippen molar-refractivity contribution in [3.8, 4) is 0 Å². The first-order valence-corrected chi connectivity index (χ1v) is 5.46. The van der Waals surface area contributed by atoms with Crippen LogP contribution in [0.3, 0.4) is 0 Å². The van der Waals surface area contributed by atoms with Gasteiger partial charge in [-0.3, -0.25) is 0 Å². The molecule has 0 unspecified atom stereocenters. The molecule has 1 rings (SSSR count). The van der Waals surface area contributed by atoms with Crippen LogP contribution in [-0.4, -0.2) is 13.1 Å². The molecule has 0 bridgehead atoms. The van der Waals surface area contributed by atoms with Crippen LogP contribution < -0.4 is 5.32 Å². The normalized spacial score (nSPS) is 29.0. The first kappa shape index (κ1) is 12.0. The molecule has 74 valence electrons. The molecule has 0 saturated carbocycles. The van der Waals surface area contributed by atoms with Crippen molar-refractivity contribution in [2.45, 2.75) is 47.0 Å². The van der Waals surface area contributed by atoms with Gasteiger partial charge in [-0.15, -0.1) is 0 Å². The van der Waals surface area contributed by atoms with Crippen LogP contribution in [0.4, 0.5) is 0 Å². The van der Waals surface area contributed by atoms with Gasteiger partial charge in [0.15, 0.2) is 0 Å². The molecule has 1 aliphatic rings.